The van der Waals surface area contributed by atoms with Crippen molar-refractivity contribution in [1.29, 1.82) is 0 Å². The average Bonchev–Trinajstić information content (AvgIpc) is 2.76. The summed E-state index contributed by atoms with van der Waals surface area (Å²) in [4.78, 5) is 22.7. The highest BCUT2D eigenvalue weighted by Crippen LogP contribution is 2.20. The van der Waals surface area contributed by atoms with Crippen molar-refractivity contribution in [3.63, 3.8) is 0 Å². The highest BCUT2D eigenvalue weighted by atomic mass is 19.1. The minimum absolute atomic E-state index is 0.00690. The lowest BCUT2D eigenvalue weighted by atomic mass is 9.97. The molecule has 1 aliphatic heterocycles. The molecule has 1 aromatic carbocycles. The fourth-order valence-corrected chi connectivity index (χ4v) is 2.97. The molecule has 2 heterocycles. The van der Waals surface area contributed by atoms with Crippen LogP contribution in [0, 0.1) is 18.7 Å². The van der Waals surface area contributed by atoms with E-state index in [-0.39, 0.29) is 17.6 Å². The van der Waals surface area contributed by atoms with Gasteiger partial charge in [0, 0.05) is 31.2 Å². The quantitative estimate of drug-likeness (QED) is 0.844. The van der Waals surface area contributed by atoms with Gasteiger partial charge in [-0.1, -0.05) is 18.2 Å². The van der Waals surface area contributed by atoms with Gasteiger partial charge in [-0.2, -0.15) is 0 Å². The molecule has 1 fully saturated rings. The third-order valence-electron chi connectivity index (χ3n) is 4.76. The summed E-state index contributed by atoms with van der Waals surface area (Å²) in [6, 6.07) is 6.87. The molecule has 0 bridgehead atoms. The number of halogens is 1. The summed E-state index contributed by atoms with van der Waals surface area (Å²) in [5.74, 6) is 0.844. The van der Waals surface area contributed by atoms with Crippen LogP contribution >= 0.6 is 0 Å². The number of allylic oxidation sites excluding steroid dienone is 2. The van der Waals surface area contributed by atoms with Crippen LogP contribution < -0.4 is 15.0 Å². The molecule has 0 spiro atoms. The average molecular weight is 400 g/mol. The van der Waals surface area contributed by atoms with E-state index in [0.717, 1.165) is 25.1 Å². The molecular formula is C22H29FN4O2. The predicted molar refractivity (Wildman–Crippen MR) is 112 cm³/mol. The fraction of sp³-hybridized carbons (Fsp3) is 0.409. The van der Waals surface area contributed by atoms with E-state index in [2.05, 4.69) is 20.2 Å². The molecule has 1 aromatic heterocycles. The SMILES string of the molecule is C/C=C(\C)NC(=O)[C@H]1CCCN(c2ncccn2)C1.COc1cccc(C)c1F. The van der Waals surface area contributed by atoms with Gasteiger partial charge in [0.1, 0.15) is 0 Å². The maximum Gasteiger partial charge on any atom is 0.229 e. The number of rotatable bonds is 4. The normalized spacial score (nSPS) is 16.5. The van der Waals surface area contributed by atoms with Crippen molar-refractivity contribution in [1.82, 2.24) is 15.3 Å². The van der Waals surface area contributed by atoms with Crippen molar-refractivity contribution >= 4 is 11.9 Å². The Morgan fingerprint density at radius 3 is 2.66 bits per heavy atom. The van der Waals surface area contributed by atoms with E-state index in [1.165, 1.54) is 7.11 Å². The standard InChI is InChI=1S/C14H20N4O.C8H9FO/c1-3-11(2)17-13(19)12-6-4-9-18(10-12)14-15-7-5-8-16-14;1-6-4-3-5-7(10-2)8(6)9/h3,5,7-8,12H,4,6,9-10H2,1-2H3,(H,17,19);3-5H,1-2H3/b11-3+;/t12-;/m0./s1. The molecule has 2 aromatic rings. The third-order valence-corrected chi connectivity index (χ3v) is 4.76. The van der Waals surface area contributed by atoms with Crippen LogP contribution in [0.4, 0.5) is 10.3 Å². The first-order valence-electron chi connectivity index (χ1n) is 9.71. The molecule has 0 saturated carbocycles. The van der Waals surface area contributed by atoms with Crippen LogP contribution in [-0.4, -0.2) is 36.1 Å². The number of nitrogens with zero attached hydrogens (tertiary/aromatic N) is 3. The topological polar surface area (TPSA) is 67.4 Å². The molecule has 1 saturated heterocycles. The Bertz CT molecular complexity index is 827. The highest BCUT2D eigenvalue weighted by molar-refractivity contribution is 5.81. The Hall–Kier alpha value is -2.96. The second-order valence-corrected chi connectivity index (χ2v) is 6.89. The Morgan fingerprint density at radius 1 is 1.31 bits per heavy atom. The summed E-state index contributed by atoms with van der Waals surface area (Å²) >= 11 is 0. The van der Waals surface area contributed by atoms with Gasteiger partial charge in [-0.3, -0.25) is 4.79 Å². The predicted octanol–water partition coefficient (Wildman–Crippen LogP) is 3.88. The highest BCUT2D eigenvalue weighted by Gasteiger charge is 2.26. The van der Waals surface area contributed by atoms with Crippen LogP contribution in [0.1, 0.15) is 32.3 Å². The minimum atomic E-state index is -0.273. The number of benzene rings is 1. The zero-order chi connectivity index (χ0) is 21.2. The number of carbonyl (C=O) groups is 1. The van der Waals surface area contributed by atoms with Gasteiger partial charge in [0.25, 0.3) is 0 Å². The van der Waals surface area contributed by atoms with Crippen molar-refractivity contribution in [2.24, 2.45) is 5.92 Å². The Labute approximate surface area is 171 Å². The van der Waals surface area contributed by atoms with Crippen LogP contribution in [0.15, 0.2) is 48.4 Å². The van der Waals surface area contributed by atoms with Crippen LogP contribution in [0.2, 0.25) is 0 Å². The number of piperidine rings is 1. The van der Waals surface area contributed by atoms with E-state index >= 15 is 0 Å². The maximum atomic E-state index is 12.9. The summed E-state index contributed by atoms with van der Waals surface area (Å²) in [5, 5.41) is 2.93. The van der Waals surface area contributed by atoms with Gasteiger partial charge >= 0.3 is 0 Å². The lowest BCUT2D eigenvalue weighted by Gasteiger charge is -2.31. The molecule has 0 radical (unpaired) electrons. The number of carbonyl (C=O) groups excluding carboxylic acids is 1. The second-order valence-electron chi connectivity index (χ2n) is 6.89. The Balaban J connectivity index is 0.000000253. The lowest BCUT2D eigenvalue weighted by Crippen LogP contribution is -2.43. The Kier molecular flexibility index (Phi) is 8.58. The number of amides is 1. The van der Waals surface area contributed by atoms with Crippen molar-refractivity contribution in [3.05, 3.63) is 59.8 Å². The zero-order valence-electron chi connectivity index (χ0n) is 17.5. The van der Waals surface area contributed by atoms with Gasteiger partial charge in [-0.15, -0.1) is 0 Å². The molecule has 1 amide bonds. The van der Waals surface area contributed by atoms with E-state index < -0.39 is 0 Å². The number of nitrogens with one attached hydrogen (secondary N) is 1. The van der Waals surface area contributed by atoms with Gasteiger partial charge < -0.3 is 15.0 Å². The monoisotopic (exact) mass is 400 g/mol. The van der Waals surface area contributed by atoms with E-state index in [4.69, 9.17) is 4.74 Å². The maximum absolute atomic E-state index is 12.9. The molecular weight excluding hydrogens is 371 g/mol. The van der Waals surface area contributed by atoms with E-state index in [9.17, 15) is 9.18 Å². The van der Waals surface area contributed by atoms with Gasteiger partial charge in [-0.25, -0.2) is 14.4 Å². The summed E-state index contributed by atoms with van der Waals surface area (Å²) in [7, 11) is 1.46. The van der Waals surface area contributed by atoms with E-state index in [0.29, 0.717) is 23.8 Å². The summed E-state index contributed by atoms with van der Waals surface area (Å²) in [5.41, 5.74) is 1.51. The van der Waals surface area contributed by atoms with Crippen molar-refractivity contribution in [3.8, 4) is 5.75 Å². The first-order chi connectivity index (χ1) is 14.0. The Morgan fingerprint density at radius 2 is 2.03 bits per heavy atom. The summed E-state index contributed by atoms with van der Waals surface area (Å²) < 4.78 is 17.6. The lowest BCUT2D eigenvalue weighted by molar-refractivity contribution is -0.124. The van der Waals surface area contributed by atoms with Gasteiger partial charge in [0.2, 0.25) is 11.9 Å². The minimum Gasteiger partial charge on any atom is -0.494 e. The second kappa shape index (κ2) is 11.1. The van der Waals surface area contributed by atoms with Gasteiger partial charge in [0.05, 0.1) is 13.0 Å². The first-order valence-corrected chi connectivity index (χ1v) is 9.71. The molecule has 1 N–H and O–H groups in total. The fourth-order valence-electron chi connectivity index (χ4n) is 2.97. The van der Waals surface area contributed by atoms with Gasteiger partial charge in [0.15, 0.2) is 11.6 Å². The molecule has 1 atom stereocenters. The molecule has 0 aliphatic carbocycles. The molecule has 29 heavy (non-hydrogen) atoms. The molecule has 6 nitrogen and oxygen atoms in total. The van der Waals surface area contributed by atoms with Crippen molar-refractivity contribution < 1.29 is 13.9 Å². The third kappa shape index (κ3) is 6.55. The number of ether oxygens (including phenoxy) is 1. The number of anilines is 1. The largest absolute Gasteiger partial charge is 0.494 e. The number of aryl methyl sites for hydroxylation is 1. The molecule has 7 heteroatoms. The van der Waals surface area contributed by atoms with E-state index in [1.54, 1.807) is 43.6 Å². The summed E-state index contributed by atoms with van der Waals surface area (Å²) in [6.07, 6.45) is 7.28. The van der Waals surface area contributed by atoms with Crippen LogP contribution in [-0.2, 0) is 4.79 Å². The molecule has 156 valence electrons. The van der Waals surface area contributed by atoms with Crippen molar-refractivity contribution in [2.45, 2.75) is 33.6 Å². The number of hydrogen-bond donors (Lipinski definition) is 1. The molecule has 1 aliphatic rings. The number of methoxy groups -OCH3 is 1. The summed E-state index contributed by atoms with van der Waals surface area (Å²) in [6.45, 7) is 7.13. The number of aromatic nitrogens is 2. The number of hydrogen-bond acceptors (Lipinski definition) is 5. The van der Waals surface area contributed by atoms with Gasteiger partial charge in [-0.05, 0) is 51.3 Å². The van der Waals surface area contributed by atoms with Crippen LogP contribution in [0.3, 0.4) is 0 Å². The van der Waals surface area contributed by atoms with Crippen LogP contribution in [0.25, 0.3) is 0 Å². The van der Waals surface area contributed by atoms with E-state index in [1.807, 2.05) is 19.9 Å². The smallest absolute Gasteiger partial charge is 0.229 e. The van der Waals surface area contributed by atoms with Crippen LogP contribution in [0.5, 0.6) is 5.75 Å². The first kappa shape index (κ1) is 22.3. The zero-order valence-corrected chi connectivity index (χ0v) is 17.5. The van der Waals surface area contributed by atoms with Crippen molar-refractivity contribution in [2.75, 3.05) is 25.1 Å². The molecule has 0 unspecified atom stereocenters. The molecule has 3 rings (SSSR count).